The van der Waals surface area contributed by atoms with Gasteiger partial charge < -0.3 is 14.7 Å². The molecule has 1 aliphatic rings. The first-order valence-electron chi connectivity index (χ1n) is 9.35. The third-order valence-electron chi connectivity index (χ3n) is 4.93. The second kappa shape index (κ2) is 8.11. The van der Waals surface area contributed by atoms with Crippen molar-refractivity contribution < 1.29 is 19.4 Å². The number of anilines is 1. The number of aryl methyl sites for hydroxylation is 1. The fourth-order valence-corrected chi connectivity index (χ4v) is 4.42. The predicted molar refractivity (Wildman–Crippen MR) is 115 cm³/mol. The minimum absolute atomic E-state index is 0.256. The highest BCUT2D eigenvalue weighted by molar-refractivity contribution is 7.22. The van der Waals surface area contributed by atoms with Crippen molar-refractivity contribution in [1.29, 1.82) is 0 Å². The Bertz CT molecular complexity index is 1170. The van der Waals surface area contributed by atoms with Crippen LogP contribution in [-0.4, -0.2) is 52.2 Å². The van der Waals surface area contributed by atoms with Crippen LogP contribution in [0.2, 0.25) is 0 Å². The monoisotopic (exact) mass is 424 g/mol. The van der Waals surface area contributed by atoms with Gasteiger partial charge in [-0.25, -0.2) is 9.78 Å². The Balaban J connectivity index is 1.68. The summed E-state index contributed by atoms with van der Waals surface area (Å²) in [6, 6.07) is 7.18. The van der Waals surface area contributed by atoms with E-state index < -0.39 is 6.09 Å². The highest BCUT2D eigenvalue weighted by Gasteiger charge is 2.21. The molecule has 0 saturated carbocycles. The molecule has 3 heterocycles. The largest absolute Gasteiger partial charge is 0.494 e. The Morgan fingerprint density at radius 3 is 2.80 bits per heavy atom. The van der Waals surface area contributed by atoms with E-state index in [0.29, 0.717) is 41.5 Å². The number of carbonyl (C=O) groups is 2. The molecule has 0 spiro atoms. The molecular weight excluding hydrogens is 404 g/mol. The van der Waals surface area contributed by atoms with Gasteiger partial charge in [0, 0.05) is 30.5 Å². The minimum atomic E-state index is -0.917. The molecule has 8 nitrogen and oxygen atoms in total. The van der Waals surface area contributed by atoms with E-state index in [9.17, 15) is 9.59 Å². The Morgan fingerprint density at radius 2 is 2.13 bits per heavy atom. The number of rotatable bonds is 4. The first-order chi connectivity index (χ1) is 14.5. The molecule has 2 N–H and O–H groups in total. The number of hydrogen-bond acceptors (Lipinski definition) is 6. The number of aromatic nitrogens is 2. The highest BCUT2D eigenvalue weighted by atomic mass is 32.1. The average molecular weight is 424 g/mol. The van der Waals surface area contributed by atoms with E-state index in [-0.39, 0.29) is 5.91 Å². The summed E-state index contributed by atoms with van der Waals surface area (Å²) < 4.78 is 6.35. The number of fused-ring (bicyclic) bond motifs is 1. The Kier molecular flexibility index (Phi) is 5.37. The summed E-state index contributed by atoms with van der Waals surface area (Å²) in [5.41, 5.74) is 3.98. The summed E-state index contributed by atoms with van der Waals surface area (Å²) in [5, 5.41) is 12.5. The molecule has 30 heavy (non-hydrogen) atoms. The van der Waals surface area contributed by atoms with Gasteiger partial charge in [-0.05, 0) is 48.7 Å². The number of benzene rings is 1. The molecule has 9 heteroatoms. The second-order valence-corrected chi connectivity index (χ2v) is 7.86. The highest BCUT2D eigenvalue weighted by Crippen LogP contribution is 2.39. The maximum atomic E-state index is 12.6. The van der Waals surface area contributed by atoms with Gasteiger partial charge in [0.05, 0.1) is 11.8 Å². The molecule has 1 aromatic carbocycles. The summed E-state index contributed by atoms with van der Waals surface area (Å²) in [7, 11) is 1.58. The van der Waals surface area contributed by atoms with E-state index in [1.807, 2.05) is 25.1 Å². The van der Waals surface area contributed by atoms with Gasteiger partial charge >= 0.3 is 6.09 Å². The minimum Gasteiger partial charge on any atom is -0.494 e. The van der Waals surface area contributed by atoms with Crippen molar-refractivity contribution in [2.75, 3.05) is 25.5 Å². The molecule has 0 atom stereocenters. The molecule has 0 unspecified atom stereocenters. The van der Waals surface area contributed by atoms with Crippen LogP contribution in [-0.2, 0) is 0 Å². The van der Waals surface area contributed by atoms with Crippen LogP contribution in [0.1, 0.15) is 28.0 Å². The SMILES string of the molecule is COc1ccc(C2=CCN(C(=O)O)CC2)c2sc(NC(=O)c3ccnc(C)c3)nc12. The van der Waals surface area contributed by atoms with Gasteiger partial charge in [-0.1, -0.05) is 17.4 Å². The molecule has 0 fully saturated rings. The third-order valence-corrected chi connectivity index (χ3v) is 5.94. The fraction of sp³-hybridized carbons (Fsp3) is 0.238. The van der Waals surface area contributed by atoms with E-state index >= 15 is 0 Å². The lowest BCUT2D eigenvalue weighted by Crippen LogP contribution is -2.33. The summed E-state index contributed by atoms with van der Waals surface area (Å²) >= 11 is 1.37. The number of carboxylic acid groups (broad SMARTS) is 1. The standard InChI is InChI=1S/C21H20N4O4S/c1-12-11-14(5-8-22-12)19(26)24-20-23-17-16(29-2)4-3-15(18(17)30-20)13-6-9-25(10-7-13)21(27)28/h3-6,8,11H,7,9-10H2,1-2H3,(H,27,28)(H,23,24,26). The van der Waals surface area contributed by atoms with Crippen molar-refractivity contribution in [1.82, 2.24) is 14.9 Å². The zero-order chi connectivity index (χ0) is 21.3. The quantitative estimate of drug-likeness (QED) is 0.655. The van der Waals surface area contributed by atoms with Gasteiger partial charge in [0.1, 0.15) is 11.3 Å². The Hall–Kier alpha value is -3.46. The van der Waals surface area contributed by atoms with Crippen LogP contribution in [0.5, 0.6) is 5.75 Å². The molecule has 2 aromatic heterocycles. The van der Waals surface area contributed by atoms with E-state index in [1.54, 1.807) is 25.4 Å². The number of methoxy groups -OCH3 is 1. The molecule has 1 aliphatic heterocycles. The van der Waals surface area contributed by atoms with E-state index in [1.165, 1.54) is 16.2 Å². The molecule has 4 rings (SSSR count). The van der Waals surface area contributed by atoms with Crippen LogP contribution in [0.15, 0.2) is 36.5 Å². The fourth-order valence-electron chi connectivity index (χ4n) is 3.40. The normalized spacial score (nSPS) is 13.8. The second-order valence-electron chi connectivity index (χ2n) is 6.86. The number of pyridine rings is 1. The smallest absolute Gasteiger partial charge is 0.407 e. The van der Waals surface area contributed by atoms with E-state index in [0.717, 1.165) is 21.5 Å². The maximum Gasteiger partial charge on any atom is 0.407 e. The van der Waals surface area contributed by atoms with E-state index in [4.69, 9.17) is 9.84 Å². The van der Waals surface area contributed by atoms with Crippen molar-refractivity contribution in [3.63, 3.8) is 0 Å². The lowest BCUT2D eigenvalue weighted by atomic mass is 9.99. The Labute approximate surface area is 176 Å². The van der Waals surface area contributed by atoms with Crippen molar-refractivity contribution in [3.8, 4) is 5.75 Å². The lowest BCUT2D eigenvalue weighted by molar-refractivity contribution is 0.102. The van der Waals surface area contributed by atoms with Gasteiger partial charge in [-0.2, -0.15) is 0 Å². The summed E-state index contributed by atoms with van der Waals surface area (Å²) in [4.78, 5) is 33.8. The summed E-state index contributed by atoms with van der Waals surface area (Å²) in [6.45, 7) is 2.62. The zero-order valence-corrected chi connectivity index (χ0v) is 17.3. The number of carbonyl (C=O) groups excluding carboxylic acids is 1. The molecule has 0 saturated heterocycles. The molecule has 154 valence electrons. The number of hydrogen-bond donors (Lipinski definition) is 2. The van der Waals surface area contributed by atoms with Crippen molar-refractivity contribution in [2.24, 2.45) is 0 Å². The van der Waals surface area contributed by atoms with Crippen LogP contribution in [0.25, 0.3) is 15.8 Å². The van der Waals surface area contributed by atoms with Crippen LogP contribution in [0.3, 0.4) is 0 Å². The number of thiazole rings is 1. The maximum absolute atomic E-state index is 12.6. The first-order valence-corrected chi connectivity index (χ1v) is 10.2. The van der Waals surface area contributed by atoms with Gasteiger partial charge in [0.25, 0.3) is 5.91 Å². The topological polar surface area (TPSA) is 105 Å². The Morgan fingerprint density at radius 1 is 1.30 bits per heavy atom. The number of nitrogens with one attached hydrogen (secondary N) is 1. The first kappa shape index (κ1) is 19.8. The third kappa shape index (κ3) is 3.84. The number of ether oxygens (including phenoxy) is 1. The number of amides is 2. The summed E-state index contributed by atoms with van der Waals surface area (Å²) in [6.07, 6.45) is 3.22. The molecule has 3 aromatic rings. The molecule has 0 bridgehead atoms. The van der Waals surface area contributed by atoms with Gasteiger partial charge in [0.2, 0.25) is 0 Å². The lowest BCUT2D eigenvalue weighted by Gasteiger charge is -2.24. The van der Waals surface area contributed by atoms with Crippen LogP contribution in [0, 0.1) is 6.92 Å². The van der Waals surface area contributed by atoms with E-state index in [2.05, 4.69) is 15.3 Å². The predicted octanol–water partition coefficient (Wildman–Crippen LogP) is 4.03. The van der Waals surface area contributed by atoms with Crippen LogP contribution in [0.4, 0.5) is 9.93 Å². The average Bonchev–Trinajstić information content (AvgIpc) is 3.16. The van der Waals surface area contributed by atoms with Gasteiger partial charge in [0.15, 0.2) is 5.13 Å². The van der Waals surface area contributed by atoms with Crippen LogP contribution >= 0.6 is 11.3 Å². The van der Waals surface area contributed by atoms with Crippen LogP contribution < -0.4 is 10.1 Å². The molecule has 0 aliphatic carbocycles. The summed E-state index contributed by atoms with van der Waals surface area (Å²) in [5.74, 6) is 0.364. The molecular formula is C21H20N4O4S. The zero-order valence-electron chi connectivity index (χ0n) is 16.5. The number of nitrogens with zero attached hydrogens (tertiary/aromatic N) is 3. The van der Waals surface area contributed by atoms with Crippen molar-refractivity contribution in [3.05, 3.63) is 53.4 Å². The van der Waals surface area contributed by atoms with Gasteiger partial charge in [-0.15, -0.1) is 0 Å². The molecule has 2 amide bonds. The van der Waals surface area contributed by atoms with Gasteiger partial charge in [-0.3, -0.25) is 15.1 Å². The van der Waals surface area contributed by atoms with Crippen molar-refractivity contribution in [2.45, 2.75) is 13.3 Å². The van der Waals surface area contributed by atoms with Crippen molar-refractivity contribution >= 4 is 44.3 Å². The molecule has 0 radical (unpaired) electrons.